The van der Waals surface area contributed by atoms with Gasteiger partial charge in [0.1, 0.15) is 0 Å². The Bertz CT molecular complexity index is 496. The van der Waals surface area contributed by atoms with Gasteiger partial charge < -0.3 is 10.5 Å². The number of rotatable bonds is 0. The minimum Gasteiger partial charge on any atom is -0.443 e. The molecule has 1 spiro atoms. The van der Waals surface area contributed by atoms with Crippen molar-refractivity contribution < 1.29 is 9.53 Å². The van der Waals surface area contributed by atoms with E-state index in [-0.39, 0.29) is 11.9 Å². The molecule has 2 N–H and O–H groups in total. The van der Waals surface area contributed by atoms with E-state index in [4.69, 9.17) is 10.5 Å². The first-order valence-electron chi connectivity index (χ1n) is 5.38. The van der Waals surface area contributed by atoms with E-state index >= 15 is 0 Å². The number of aryl methyl sites for hydroxylation is 1. The zero-order valence-corrected chi connectivity index (χ0v) is 8.77. The molecule has 1 unspecified atom stereocenters. The Balaban J connectivity index is 2.15. The zero-order chi connectivity index (χ0) is 11.2. The van der Waals surface area contributed by atoms with Crippen LogP contribution in [0.4, 0.5) is 0 Å². The average molecular weight is 216 g/mol. The molecular weight excluding hydrogens is 204 g/mol. The summed E-state index contributed by atoms with van der Waals surface area (Å²) in [5.41, 5.74) is 6.65. The van der Waals surface area contributed by atoms with Gasteiger partial charge in [0.2, 0.25) is 5.60 Å². The van der Waals surface area contributed by atoms with Crippen molar-refractivity contribution in [1.82, 2.24) is 0 Å². The van der Waals surface area contributed by atoms with Crippen molar-refractivity contribution in [3.63, 3.8) is 0 Å². The molecule has 1 amide bonds. The summed E-state index contributed by atoms with van der Waals surface area (Å²) < 4.78 is 5.51. The van der Waals surface area contributed by atoms with Crippen LogP contribution in [0.2, 0.25) is 0 Å². The van der Waals surface area contributed by atoms with Gasteiger partial charge in [0, 0.05) is 12.0 Å². The normalized spacial score (nSPS) is 27.5. The van der Waals surface area contributed by atoms with Crippen molar-refractivity contribution in [2.45, 2.75) is 24.9 Å². The molecule has 82 valence electrons. The molecule has 16 heavy (non-hydrogen) atoms. The molecule has 4 nitrogen and oxygen atoms in total. The van der Waals surface area contributed by atoms with Gasteiger partial charge in [-0.25, -0.2) is 0 Å². The molecule has 0 bridgehead atoms. The van der Waals surface area contributed by atoms with E-state index in [1.165, 1.54) is 0 Å². The summed E-state index contributed by atoms with van der Waals surface area (Å²) in [6, 6.07) is 7.84. The summed E-state index contributed by atoms with van der Waals surface area (Å²) in [5, 5.41) is 0. The summed E-state index contributed by atoms with van der Waals surface area (Å²) in [7, 11) is 0. The number of amides is 1. The standard InChI is InChI=1S/C12H12N2O2/c13-11-14-10(15)12(16-11)7-3-5-8-4-1-2-6-9(8)12/h1-2,4,6H,3,5,7H2,(H2,13,14,15). The summed E-state index contributed by atoms with van der Waals surface area (Å²) in [5.74, 6) is -0.267. The van der Waals surface area contributed by atoms with E-state index < -0.39 is 5.60 Å². The first-order chi connectivity index (χ1) is 7.72. The number of fused-ring (bicyclic) bond motifs is 2. The number of hydrogen-bond donors (Lipinski definition) is 1. The van der Waals surface area contributed by atoms with E-state index in [9.17, 15) is 4.79 Å². The first kappa shape index (κ1) is 9.39. The van der Waals surface area contributed by atoms with Gasteiger partial charge >= 0.3 is 0 Å². The number of ether oxygens (including phenoxy) is 1. The lowest BCUT2D eigenvalue weighted by Gasteiger charge is -2.32. The van der Waals surface area contributed by atoms with Gasteiger partial charge in [-0.05, 0) is 18.4 Å². The Morgan fingerprint density at radius 2 is 2.19 bits per heavy atom. The Hall–Kier alpha value is -1.84. The highest BCUT2D eigenvalue weighted by Crippen LogP contribution is 2.41. The van der Waals surface area contributed by atoms with Crippen LogP contribution in [0.1, 0.15) is 24.0 Å². The second-order valence-electron chi connectivity index (χ2n) is 4.19. The van der Waals surface area contributed by atoms with Gasteiger partial charge in [0.25, 0.3) is 11.9 Å². The maximum Gasteiger partial charge on any atom is 0.299 e. The van der Waals surface area contributed by atoms with E-state index in [1.807, 2.05) is 24.3 Å². The number of aliphatic imine (C=N–C) groups is 1. The van der Waals surface area contributed by atoms with Crippen molar-refractivity contribution in [2.24, 2.45) is 10.7 Å². The van der Waals surface area contributed by atoms with Crippen molar-refractivity contribution in [3.05, 3.63) is 35.4 Å². The highest BCUT2D eigenvalue weighted by molar-refractivity contribution is 6.01. The third kappa shape index (κ3) is 1.10. The monoisotopic (exact) mass is 216 g/mol. The zero-order valence-electron chi connectivity index (χ0n) is 8.77. The summed E-state index contributed by atoms with van der Waals surface area (Å²) in [4.78, 5) is 15.6. The van der Waals surface area contributed by atoms with Crippen molar-refractivity contribution >= 4 is 11.9 Å². The van der Waals surface area contributed by atoms with Crippen LogP contribution in [0, 0.1) is 0 Å². The number of carbonyl (C=O) groups excluding carboxylic acids is 1. The van der Waals surface area contributed by atoms with Crippen LogP contribution in [-0.2, 0) is 21.6 Å². The van der Waals surface area contributed by atoms with Gasteiger partial charge in [-0.3, -0.25) is 4.79 Å². The third-order valence-electron chi connectivity index (χ3n) is 3.26. The van der Waals surface area contributed by atoms with Crippen molar-refractivity contribution in [1.29, 1.82) is 0 Å². The number of carbonyl (C=O) groups is 1. The molecule has 0 aromatic heterocycles. The van der Waals surface area contributed by atoms with Crippen LogP contribution in [0.15, 0.2) is 29.3 Å². The molecule has 0 saturated carbocycles. The Labute approximate surface area is 93.1 Å². The van der Waals surface area contributed by atoms with Gasteiger partial charge in [0.15, 0.2) is 0 Å². The lowest BCUT2D eigenvalue weighted by atomic mass is 9.79. The lowest BCUT2D eigenvalue weighted by Crippen LogP contribution is -2.38. The second kappa shape index (κ2) is 3.07. The Morgan fingerprint density at radius 3 is 2.94 bits per heavy atom. The number of amidine groups is 1. The molecule has 1 atom stereocenters. The number of benzene rings is 1. The maximum atomic E-state index is 11.9. The summed E-state index contributed by atoms with van der Waals surface area (Å²) in [6.07, 6.45) is 2.56. The number of hydrogen-bond acceptors (Lipinski definition) is 3. The number of nitrogens with zero attached hydrogens (tertiary/aromatic N) is 1. The maximum absolute atomic E-state index is 11.9. The third-order valence-corrected chi connectivity index (χ3v) is 3.26. The van der Waals surface area contributed by atoms with Crippen LogP contribution in [-0.4, -0.2) is 11.9 Å². The highest BCUT2D eigenvalue weighted by Gasteiger charge is 2.49. The van der Waals surface area contributed by atoms with Crippen LogP contribution in [0.25, 0.3) is 0 Å². The molecule has 1 heterocycles. The van der Waals surface area contributed by atoms with Crippen LogP contribution >= 0.6 is 0 Å². The Morgan fingerprint density at radius 1 is 1.38 bits per heavy atom. The molecule has 1 aliphatic carbocycles. The summed E-state index contributed by atoms with van der Waals surface area (Å²) >= 11 is 0. The molecular formula is C12H12N2O2. The number of nitrogens with two attached hydrogens (primary N) is 1. The van der Waals surface area contributed by atoms with Gasteiger partial charge in [-0.15, -0.1) is 0 Å². The minimum absolute atomic E-state index is 0.0123. The molecule has 1 aromatic rings. The summed E-state index contributed by atoms with van der Waals surface area (Å²) in [6.45, 7) is 0. The first-order valence-corrected chi connectivity index (χ1v) is 5.38. The van der Waals surface area contributed by atoms with E-state index in [0.717, 1.165) is 24.0 Å². The predicted molar refractivity (Wildman–Crippen MR) is 58.8 cm³/mol. The molecule has 1 aromatic carbocycles. The fourth-order valence-electron chi connectivity index (χ4n) is 2.56. The smallest absolute Gasteiger partial charge is 0.299 e. The van der Waals surface area contributed by atoms with E-state index in [1.54, 1.807) is 0 Å². The largest absolute Gasteiger partial charge is 0.443 e. The van der Waals surface area contributed by atoms with E-state index in [0.29, 0.717) is 6.42 Å². The van der Waals surface area contributed by atoms with Gasteiger partial charge in [-0.2, -0.15) is 4.99 Å². The van der Waals surface area contributed by atoms with Crippen LogP contribution in [0.5, 0.6) is 0 Å². The van der Waals surface area contributed by atoms with Crippen molar-refractivity contribution in [3.8, 4) is 0 Å². The Kier molecular flexibility index (Phi) is 1.80. The quantitative estimate of drug-likeness (QED) is 0.706. The van der Waals surface area contributed by atoms with Crippen molar-refractivity contribution in [2.75, 3.05) is 0 Å². The van der Waals surface area contributed by atoms with Gasteiger partial charge in [-0.1, -0.05) is 24.3 Å². The van der Waals surface area contributed by atoms with Gasteiger partial charge in [0.05, 0.1) is 0 Å². The fourth-order valence-corrected chi connectivity index (χ4v) is 2.56. The molecule has 0 fully saturated rings. The molecule has 3 rings (SSSR count). The lowest BCUT2D eigenvalue weighted by molar-refractivity contribution is -0.132. The molecule has 0 radical (unpaired) electrons. The fraction of sp³-hybridized carbons (Fsp3) is 0.333. The van der Waals surface area contributed by atoms with Crippen LogP contribution in [0.3, 0.4) is 0 Å². The second-order valence-corrected chi connectivity index (χ2v) is 4.19. The highest BCUT2D eigenvalue weighted by atomic mass is 16.5. The topological polar surface area (TPSA) is 64.7 Å². The van der Waals surface area contributed by atoms with E-state index in [2.05, 4.69) is 4.99 Å². The molecule has 4 heteroatoms. The van der Waals surface area contributed by atoms with Crippen LogP contribution < -0.4 is 5.73 Å². The molecule has 1 aliphatic heterocycles. The average Bonchev–Trinajstić information content (AvgIpc) is 2.55. The SMILES string of the molecule is NC1=NC(=O)C2(CCCc3ccccc32)O1. The predicted octanol–water partition coefficient (Wildman–Crippen LogP) is 1.09. The molecule has 0 saturated heterocycles. The minimum atomic E-state index is -0.932. The molecule has 2 aliphatic rings.